The van der Waals surface area contributed by atoms with Gasteiger partial charge in [-0.15, -0.1) is 0 Å². The van der Waals surface area contributed by atoms with Crippen LogP contribution in [-0.2, 0) is 38.9 Å². The number of aromatic nitrogens is 4. The molecule has 13 nitrogen and oxygen atoms in total. The van der Waals surface area contributed by atoms with Gasteiger partial charge < -0.3 is 25.7 Å². The maximum Gasteiger partial charge on any atom is 0.523 e. The topological polar surface area (TPSA) is 184 Å². The molecule has 0 radical (unpaired) electrons. The third-order valence-electron chi connectivity index (χ3n) is 7.85. The Morgan fingerprint density at radius 3 is 1.90 bits per heavy atom. The normalized spacial score (nSPS) is 20.0. The molecule has 0 spiro atoms. The lowest BCUT2D eigenvalue weighted by Crippen LogP contribution is -2.44. The predicted octanol–water partition coefficient (Wildman–Crippen LogP) is 4.06. The minimum Gasteiger partial charge on any atom is -0.457 e. The van der Waals surface area contributed by atoms with E-state index < -0.39 is 58.3 Å². The highest BCUT2D eigenvalue weighted by atomic mass is 32.2. The first-order valence-corrected chi connectivity index (χ1v) is 16.1. The summed E-state index contributed by atoms with van der Waals surface area (Å²) in [5.74, 6) is -1.42. The van der Waals surface area contributed by atoms with Gasteiger partial charge in [0.1, 0.15) is 17.2 Å². The average molecular weight is 699 g/mol. The minimum absolute atomic E-state index is 0.00443. The maximum atomic E-state index is 13.7. The van der Waals surface area contributed by atoms with E-state index in [1.807, 2.05) is 91.0 Å². The molecule has 4 atom stereocenters. The fourth-order valence-electron chi connectivity index (χ4n) is 5.82. The predicted molar refractivity (Wildman–Crippen MR) is 169 cm³/mol. The summed E-state index contributed by atoms with van der Waals surface area (Å²) in [4.78, 5) is 24.4. The summed E-state index contributed by atoms with van der Waals surface area (Å²) < 4.78 is 90.3. The van der Waals surface area contributed by atoms with E-state index in [-0.39, 0.29) is 22.9 Å². The molecule has 1 aliphatic rings. The minimum atomic E-state index is -6.27. The Kier molecular flexibility index (Phi) is 9.02. The largest absolute Gasteiger partial charge is 0.523 e. The number of hydrogen-bond acceptors (Lipinski definition) is 12. The van der Waals surface area contributed by atoms with E-state index in [2.05, 4.69) is 15.0 Å². The van der Waals surface area contributed by atoms with Crippen LogP contribution in [-0.4, -0.2) is 64.3 Å². The van der Waals surface area contributed by atoms with Crippen molar-refractivity contribution in [2.24, 2.45) is 0 Å². The van der Waals surface area contributed by atoms with Gasteiger partial charge in [0, 0.05) is 6.92 Å². The third-order valence-corrected chi connectivity index (χ3v) is 8.90. The van der Waals surface area contributed by atoms with E-state index in [1.165, 1.54) is 0 Å². The summed E-state index contributed by atoms with van der Waals surface area (Å²) in [5, 5.41) is 0. The van der Waals surface area contributed by atoms with E-state index in [4.69, 9.17) is 29.9 Å². The summed E-state index contributed by atoms with van der Waals surface area (Å²) in [6.45, 7) is 0.551. The number of nitrogens with zero attached hydrogens (tertiary/aromatic N) is 4. The molecule has 0 unspecified atom stereocenters. The lowest BCUT2D eigenvalue weighted by molar-refractivity contribution is -0.155. The highest BCUT2D eigenvalue weighted by molar-refractivity contribution is 7.87. The number of carbonyl (C=O) groups excluding carboxylic acids is 1. The summed E-state index contributed by atoms with van der Waals surface area (Å²) >= 11 is 0. The van der Waals surface area contributed by atoms with Crippen molar-refractivity contribution in [1.82, 2.24) is 19.5 Å². The maximum absolute atomic E-state index is 13.7. The highest BCUT2D eigenvalue weighted by Crippen LogP contribution is 2.44. The zero-order chi connectivity index (χ0) is 35.0. The number of nitrogens with two attached hydrogens (primary N) is 2. The van der Waals surface area contributed by atoms with E-state index in [9.17, 15) is 26.4 Å². The number of benzene rings is 3. The Labute approximate surface area is 277 Å². The van der Waals surface area contributed by atoms with Crippen LogP contribution in [0.15, 0.2) is 97.3 Å². The molecular weight excluding hydrogens is 669 g/mol. The van der Waals surface area contributed by atoms with Crippen molar-refractivity contribution < 1.29 is 44.8 Å². The van der Waals surface area contributed by atoms with Crippen LogP contribution in [0.5, 0.6) is 0 Å². The summed E-state index contributed by atoms with van der Waals surface area (Å²) in [7, 11) is -6.27. The van der Waals surface area contributed by atoms with Crippen LogP contribution in [0.4, 0.5) is 24.9 Å². The van der Waals surface area contributed by atoms with E-state index >= 15 is 0 Å². The van der Waals surface area contributed by atoms with Crippen LogP contribution in [0.3, 0.4) is 0 Å². The lowest BCUT2D eigenvalue weighted by atomic mass is 9.80. The van der Waals surface area contributed by atoms with Gasteiger partial charge in [0.15, 0.2) is 29.9 Å². The van der Waals surface area contributed by atoms with Crippen molar-refractivity contribution in [3.8, 4) is 0 Å². The molecule has 5 aromatic rings. The van der Waals surface area contributed by atoms with Crippen LogP contribution in [0.1, 0.15) is 29.8 Å². The molecule has 49 heavy (non-hydrogen) atoms. The van der Waals surface area contributed by atoms with Crippen molar-refractivity contribution >= 4 is 39.0 Å². The number of alkyl halides is 3. The first kappa shape index (κ1) is 33.8. The van der Waals surface area contributed by atoms with Gasteiger partial charge in [-0.3, -0.25) is 13.5 Å². The standard InChI is InChI=1S/C32H29F3N6O7S/c1-19(42)46-25-23(17-45-31(20-11-5-2-6-12-20,21-13-7-3-8-14-21)22-15-9-4-10-16-22)47-29(26(25)48-49(43,44)32(33,34)35)41-18-38-24-27(36)39-30(37)40-28(24)41/h2-16,18,23,25-26,29H,17H2,1H3,(H4,36,37,39,40)/t23-,25-,26-,29-/m1/s1. The van der Waals surface area contributed by atoms with Crippen molar-refractivity contribution in [3.05, 3.63) is 114 Å². The van der Waals surface area contributed by atoms with Crippen LogP contribution >= 0.6 is 0 Å². The quantitative estimate of drug-likeness (QED) is 0.0924. The molecule has 1 saturated heterocycles. The number of rotatable bonds is 10. The Hall–Kier alpha value is -5.10. The molecule has 0 aliphatic carbocycles. The van der Waals surface area contributed by atoms with E-state index in [0.29, 0.717) is 16.7 Å². The Morgan fingerprint density at radius 2 is 1.41 bits per heavy atom. The molecule has 0 saturated carbocycles. The summed E-state index contributed by atoms with van der Waals surface area (Å²) in [6, 6.07) is 27.4. The number of imidazole rings is 1. The number of carbonyl (C=O) groups is 1. The molecule has 256 valence electrons. The number of anilines is 2. The first-order valence-electron chi connectivity index (χ1n) is 14.7. The fourth-order valence-corrected chi connectivity index (χ4v) is 6.43. The van der Waals surface area contributed by atoms with Gasteiger partial charge in [0.25, 0.3) is 0 Å². The summed E-state index contributed by atoms with van der Waals surface area (Å²) in [6.07, 6.45) is -5.92. The molecule has 6 rings (SSSR count). The fraction of sp³-hybridized carbons (Fsp3) is 0.250. The molecule has 0 bridgehead atoms. The smallest absolute Gasteiger partial charge is 0.457 e. The van der Waals surface area contributed by atoms with Gasteiger partial charge in [0.05, 0.1) is 12.9 Å². The average Bonchev–Trinajstić information content (AvgIpc) is 3.63. The Bertz CT molecular complexity index is 1960. The first-order chi connectivity index (χ1) is 23.3. The Balaban J connectivity index is 1.48. The molecule has 3 aromatic carbocycles. The molecule has 17 heteroatoms. The molecule has 1 aliphatic heterocycles. The molecule has 1 fully saturated rings. The van der Waals surface area contributed by atoms with E-state index in [1.54, 1.807) is 0 Å². The third kappa shape index (κ3) is 6.40. The number of ether oxygens (including phenoxy) is 3. The highest BCUT2D eigenvalue weighted by Gasteiger charge is 2.57. The van der Waals surface area contributed by atoms with Crippen molar-refractivity contribution in [1.29, 1.82) is 0 Å². The van der Waals surface area contributed by atoms with Crippen LogP contribution in [0.2, 0.25) is 0 Å². The van der Waals surface area contributed by atoms with Gasteiger partial charge in [-0.25, -0.2) is 4.98 Å². The van der Waals surface area contributed by atoms with Gasteiger partial charge in [0.2, 0.25) is 5.95 Å². The van der Waals surface area contributed by atoms with Crippen LogP contribution in [0, 0.1) is 0 Å². The number of esters is 1. The molecule has 0 amide bonds. The van der Waals surface area contributed by atoms with E-state index in [0.717, 1.165) is 17.8 Å². The molecule has 2 aromatic heterocycles. The van der Waals surface area contributed by atoms with Gasteiger partial charge in [-0.2, -0.15) is 31.6 Å². The number of nitrogen functional groups attached to an aromatic ring is 2. The number of halogens is 3. The zero-order valence-electron chi connectivity index (χ0n) is 25.6. The second-order valence-corrected chi connectivity index (χ2v) is 12.5. The van der Waals surface area contributed by atoms with Crippen LogP contribution in [0.25, 0.3) is 11.2 Å². The second-order valence-electron chi connectivity index (χ2n) is 11.0. The van der Waals surface area contributed by atoms with Crippen molar-refractivity contribution in [3.63, 3.8) is 0 Å². The summed E-state index contributed by atoms with van der Waals surface area (Å²) in [5.41, 5.74) is 6.48. The van der Waals surface area contributed by atoms with Crippen molar-refractivity contribution in [2.75, 3.05) is 18.1 Å². The monoisotopic (exact) mass is 698 g/mol. The van der Waals surface area contributed by atoms with Crippen LogP contribution < -0.4 is 11.5 Å². The molecular formula is C32H29F3N6O7S. The Morgan fingerprint density at radius 1 is 0.878 bits per heavy atom. The molecule has 3 heterocycles. The number of hydrogen-bond donors (Lipinski definition) is 2. The van der Waals surface area contributed by atoms with Crippen molar-refractivity contribution in [2.45, 2.75) is 42.6 Å². The van der Waals surface area contributed by atoms with Gasteiger partial charge >= 0.3 is 21.6 Å². The van der Waals surface area contributed by atoms with Gasteiger partial charge in [-0.1, -0.05) is 91.0 Å². The molecule has 4 N–H and O–H groups in total. The zero-order valence-corrected chi connectivity index (χ0v) is 26.4. The second kappa shape index (κ2) is 13.1. The lowest BCUT2D eigenvalue weighted by Gasteiger charge is -2.37. The number of fused-ring (bicyclic) bond motifs is 1. The SMILES string of the molecule is CC(=O)O[C@H]1[C@@H](OS(=O)(=O)C(F)(F)F)[C@H](n2cnc3c(N)nc(N)nc32)O[C@@H]1COC(c1ccccc1)(c1ccccc1)c1ccccc1. The van der Waals surface area contributed by atoms with Gasteiger partial charge in [-0.05, 0) is 16.7 Å².